The van der Waals surface area contributed by atoms with Crippen LogP contribution in [-0.4, -0.2) is 35.7 Å². The number of thioether (sulfide) groups is 1. The molecule has 0 heterocycles. The van der Waals surface area contributed by atoms with E-state index >= 15 is 0 Å². The lowest BCUT2D eigenvalue weighted by molar-refractivity contribution is -0.139. The summed E-state index contributed by atoms with van der Waals surface area (Å²) in [6, 6.07) is 11.4. The Kier molecular flexibility index (Phi) is 9.84. The number of nitrogens with one attached hydrogen (secondary N) is 1. The minimum Gasteiger partial charge on any atom is -0.490 e. The second-order valence-corrected chi connectivity index (χ2v) is 8.51. The number of rotatable bonds is 12. The number of carboxylic acids is 1. The molecule has 0 aliphatic carbocycles. The quantitative estimate of drug-likeness (QED) is 0.442. The molecule has 0 saturated carbocycles. The van der Waals surface area contributed by atoms with E-state index in [1.165, 1.54) is 5.56 Å². The summed E-state index contributed by atoms with van der Waals surface area (Å²) in [7, 11) is 0. The minimum atomic E-state index is -0.832. The van der Waals surface area contributed by atoms with E-state index in [4.69, 9.17) is 9.47 Å². The molecule has 0 bridgehead atoms. The Hall–Kier alpha value is -1.70. The Morgan fingerprint density at radius 1 is 1.24 bits per heavy atom. The molecular formula is C22H28BrNO4S. The molecule has 158 valence electrons. The second-order valence-electron chi connectivity index (χ2n) is 6.67. The van der Waals surface area contributed by atoms with Gasteiger partial charge in [-0.3, -0.25) is 4.79 Å². The summed E-state index contributed by atoms with van der Waals surface area (Å²) in [5, 5.41) is 12.5. The standard InChI is InChI=1S/C22H28BrNO4S/c1-4-27-20-12-17(13-24-19(22(25)26)8-9-29-3)11-18(23)21(20)28-14-16-7-5-6-15(2)10-16/h5-7,10-12,19,24H,4,8-9,13-14H2,1-3H3,(H,25,26). The van der Waals surface area contributed by atoms with Crippen LogP contribution in [0.15, 0.2) is 40.9 Å². The predicted molar refractivity (Wildman–Crippen MR) is 122 cm³/mol. The Morgan fingerprint density at radius 2 is 2.03 bits per heavy atom. The third-order valence-corrected chi connectivity index (χ3v) is 5.53. The van der Waals surface area contributed by atoms with Crippen molar-refractivity contribution in [2.75, 3.05) is 18.6 Å². The van der Waals surface area contributed by atoms with Gasteiger partial charge in [0.1, 0.15) is 12.6 Å². The number of benzene rings is 2. The minimum absolute atomic E-state index is 0.433. The van der Waals surface area contributed by atoms with E-state index in [9.17, 15) is 9.90 Å². The van der Waals surface area contributed by atoms with Gasteiger partial charge in [0.05, 0.1) is 11.1 Å². The predicted octanol–water partition coefficient (Wildman–Crippen LogP) is 5.03. The van der Waals surface area contributed by atoms with E-state index in [0.717, 1.165) is 21.4 Å². The van der Waals surface area contributed by atoms with Crippen LogP contribution in [0.25, 0.3) is 0 Å². The molecule has 0 fully saturated rings. The summed E-state index contributed by atoms with van der Waals surface area (Å²) in [6.07, 6.45) is 2.55. The van der Waals surface area contributed by atoms with Crippen molar-refractivity contribution in [2.45, 2.75) is 39.5 Å². The number of hydrogen-bond acceptors (Lipinski definition) is 5. The van der Waals surface area contributed by atoms with Gasteiger partial charge in [0.15, 0.2) is 11.5 Å². The molecule has 29 heavy (non-hydrogen) atoms. The van der Waals surface area contributed by atoms with Crippen molar-refractivity contribution in [3.63, 3.8) is 0 Å². The van der Waals surface area contributed by atoms with Crippen LogP contribution in [0.2, 0.25) is 0 Å². The van der Waals surface area contributed by atoms with Gasteiger partial charge in [-0.05, 0) is 71.5 Å². The first kappa shape index (κ1) is 23.6. The number of carbonyl (C=O) groups is 1. The number of ether oxygens (including phenoxy) is 2. The molecule has 2 aromatic rings. The van der Waals surface area contributed by atoms with Crippen molar-refractivity contribution in [3.8, 4) is 11.5 Å². The molecule has 1 unspecified atom stereocenters. The Balaban J connectivity index is 2.12. The first-order valence-corrected chi connectivity index (χ1v) is 11.7. The van der Waals surface area contributed by atoms with Crippen molar-refractivity contribution >= 4 is 33.7 Å². The number of halogens is 1. The molecule has 0 aromatic heterocycles. The lowest BCUT2D eigenvalue weighted by Crippen LogP contribution is -2.36. The summed E-state index contributed by atoms with van der Waals surface area (Å²) >= 11 is 5.22. The Bertz CT molecular complexity index is 815. The molecule has 0 aliphatic rings. The van der Waals surface area contributed by atoms with Gasteiger partial charge in [0.2, 0.25) is 0 Å². The maximum absolute atomic E-state index is 11.4. The van der Waals surface area contributed by atoms with Crippen molar-refractivity contribution in [1.82, 2.24) is 5.32 Å². The monoisotopic (exact) mass is 481 g/mol. The first-order chi connectivity index (χ1) is 13.9. The molecule has 7 heteroatoms. The highest BCUT2D eigenvalue weighted by Crippen LogP contribution is 2.37. The average Bonchev–Trinajstić information content (AvgIpc) is 2.67. The van der Waals surface area contributed by atoms with Crippen LogP contribution in [0.3, 0.4) is 0 Å². The fraction of sp³-hybridized carbons (Fsp3) is 0.409. The normalized spacial score (nSPS) is 11.9. The van der Waals surface area contributed by atoms with Crippen molar-refractivity contribution in [2.24, 2.45) is 0 Å². The SMILES string of the molecule is CCOc1cc(CNC(CCSC)C(=O)O)cc(Br)c1OCc1cccc(C)c1. The maximum Gasteiger partial charge on any atom is 0.320 e. The van der Waals surface area contributed by atoms with Gasteiger partial charge in [-0.25, -0.2) is 0 Å². The van der Waals surface area contributed by atoms with E-state index < -0.39 is 12.0 Å². The number of aliphatic carboxylic acids is 1. The van der Waals surface area contributed by atoms with Gasteiger partial charge in [0.25, 0.3) is 0 Å². The highest BCUT2D eigenvalue weighted by atomic mass is 79.9. The number of aryl methyl sites for hydroxylation is 1. The molecule has 0 radical (unpaired) electrons. The maximum atomic E-state index is 11.4. The van der Waals surface area contributed by atoms with Crippen LogP contribution in [0.5, 0.6) is 11.5 Å². The lowest BCUT2D eigenvalue weighted by atomic mass is 10.1. The van der Waals surface area contributed by atoms with Crippen LogP contribution in [0.4, 0.5) is 0 Å². The van der Waals surface area contributed by atoms with Gasteiger partial charge < -0.3 is 19.9 Å². The zero-order valence-corrected chi connectivity index (χ0v) is 19.4. The van der Waals surface area contributed by atoms with E-state index in [1.54, 1.807) is 11.8 Å². The summed E-state index contributed by atoms with van der Waals surface area (Å²) < 4.78 is 12.6. The number of carboxylic acid groups (broad SMARTS) is 1. The largest absolute Gasteiger partial charge is 0.490 e. The van der Waals surface area contributed by atoms with Crippen LogP contribution in [0, 0.1) is 6.92 Å². The zero-order valence-electron chi connectivity index (χ0n) is 17.0. The van der Waals surface area contributed by atoms with E-state index in [0.29, 0.717) is 37.7 Å². The third-order valence-electron chi connectivity index (χ3n) is 4.30. The van der Waals surface area contributed by atoms with Crippen LogP contribution in [-0.2, 0) is 17.9 Å². The molecular weight excluding hydrogens is 454 g/mol. The average molecular weight is 482 g/mol. The van der Waals surface area contributed by atoms with Gasteiger partial charge >= 0.3 is 5.97 Å². The van der Waals surface area contributed by atoms with Crippen LogP contribution >= 0.6 is 27.7 Å². The lowest BCUT2D eigenvalue weighted by Gasteiger charge is -2.17. The Morgan fingerprint density at radius 3 is 2.69 bits per heavy atom. The van der Waals surface area contributed by atoms with Gasteiger partial charge in [-0.15, -0.1) is 0 Å². The third kappa shape index (κ3) is 7.57. The highest BCUT2D eigenvalue weighted by Gasteiger charge is 2.18. The molecule has 0 saturated heterocycles. The highest BCUT2D eigenvalue weighted by molar-refractivity contribution is 9.10. The van der Waals surface area contributed by atoms with Crippen LogP contribution < -0.4 is 14.8 Å². The van der Waals surface area contributed by atoms with Gasteiger partial charge in [0, 0.05) is 6.54 Å². The number of hydrogen-bond donors (Lipinski definition) is 2. The fourth-order valence-electron chi connectivity index (χ4n) is 2.87. The van der Waals surface area contributed by atoms with Crippen molar-refractivity contribution in [3.05, 3.63) is 57.6 Å². The second kappa shape index (κ2) is 12.1. The summed E-state index contributed by atoms with van der Waals surface area (Å²) in [5.74, 6) is 1.25. The molecule has 2 N–H and O–H groups in total. The van der Waals surface area contributed by atoms with Crippen molar-refractivity contribution in [1.29, 1.82) is 0 Å². The summed E-state index contributed by atoms with van der Waals surface area (Å²) in [5.41, 5.74) is 3.20. The van der Waals surface area contributed by atoms with Gasteiger partial charge in [-0.2, -0.15) is 11.8 Å². The van der Waals surface area contributed by atoms with E-state index in [-0.39, 0.29) is 0 Å². The molecule has 0 amide bonds. The first-order valence-electron chi connectivity index (χ1n) is 9.53. The zero-order chi connectivity index (χ0) is 21.2. The Labute approximate surface area is 185 Å². The molecule has 0 aliphatic heterocycles. The molecule has 5 nitrogen and oxygen atoms in total. The van der Waals surface area contributed by atoms with E-state index in [1.807, 2.05) is 37.4 Å². The van der Waals surface area contributed by atoms with Crippen molar-refractivity contribution < 1.29 is 19.4 Å². The molecule has 2 aromatic carbocycles. The molecule has 0 spiro atoms. The van der Waals surface area contributed by atoms with Crippen LogP contribution in [0.1, 0.15) is 30.0 Å². The smallest absolute Gasteiger partial charge is 0.320 e. The topological polar surface area (TPSA) is 67.8 Å². The summed E-state index contributed by atoms with van der Waals surface area (Å²) in [6.45, 7) is 5.36. The molecule has 1 atom stereocenters. The fourth-order valence-corrected chi connectivity index (χ4v) is 3.95. The molecule has 2 rings (SSSR count). The van der Waals surface area contributed by atoms with Gasteiger partial charge in [-0.1, -0.05) is 29.8 Å². The van der Waals surface area contributed by atoms with E-state index in [2.05, 4.69) is 40.3 Å². The summed E-state index contributed by atoms with van der Waals surface area (Å²) in [4.78, 5) is 11.4.